The number of rotatable bonds is 7. The minimum Gasteiger partial charge on any atom is -0.321 e. The quantitative estimate of drug-likeness (QED) is 0.559. The van der Waals surface area contributed by atoms with Gasteiger partial charge in [-0.3, -0.25) is 0 Å². The zero-order valence-corrected chi connectivity index (χ0v) is 16.9. The Morgan fingerprint density at radius 1 is 1.16 bits per heavy atom. The van der Waals surface area contributed by atoms with Crippen molar-refractivity contribution in [1.82, 2.24) is 4.57 Å². The fraction of sp³-hybridized carbons (Fsp3) is 0.875. The van der Waals surface area contributed by atoms with E-state index in [0.717, 1.165) is 0 Å². The largest absolute Gasteiger partial charge is 0.321 e. The van der Waals surface area contributed by atoms with Crippen LogP contribution in [0.15, 0.2) is 12.3 Å². The summed E-state index contributed by atoms with van der Waals surface area (Å²) in [7, 11) is -2.60. The lowest BCUT2D eigenvalue weighted by Gasteiger charge is -2.49. The van der Waals surface area contributed by atoms with Crippen LogP contribution in [-0.2, 0) is 0 Å². The van der Waals surface area contributed by atoms with Gasteiger partial charge in [-0.15, -0.1) is 12.3 Å². The maximum absolute atomic E-state index is 4.04. The first-order valence-corrected chi connectivity index (χ1v) is 14.0. The maximum Gasteiger partial charge on any atom is 0.127 e. The molecule has 1 atom stereocenters. The van der Waals surface area contributed by atoms with Crippen LogP contribution < -0.4 is 0 Å². The van der Waals surface area contributed by atoms with Crippen molar-refractivity contribution in [2.45, 2.75) is 84.4 Å². The molecule has 0 aliphatic heterocycles. The molecule has 1 nitrogen and oxygen atoms in total. The van der Waals surface area contributed by atoms with Crippen molar-refractivity contribution in [2.75, 3.05) is 6.54 Å². The molecule has 0 aliphatic carbocycles. The third-order valence-corrected chi connectivity index (χ3v) is 13.6. The molecule has 114 valence electrons. The molecule has 0 aromatic carbocycles. The maximum atomic E-state index is 4.04. The summed E-state index contributed by atoms with van der Waals surface area (Å²) in [4.78, 5) is 0. The first kappa shape index (κ1) is 19.1. The third kappa shape index (κ3) is 5.20. The van der Waals surface area contributed by atoms with Crippen LogP contribution in [0.4, 0.5) is 0 Å². The standard InChI is InChI=1S/C16H37NSi2/c1-11-15(3)17(13-14-18(7,8)12-2)19(9,10)16(4,5)6/h12,15H,2,11,13-14H2,1,3-10H3. The van der Waals surface area contributed by atoms with Gasteiger partial charge in [0.2, 0.25) is 0 Å². The Labute approximate surface area is 124 Å². The zero-order valence-electron chi connectivity index (χ0n) is 14.9. The van der Waals surface area contributed by atoms with Crippen molar-refractivity contribution in [3.05, 3.63) is 12.3 Å². The fourth-order valence-electron chi connectivity index (χ4n) is 2.21. The molecule has 0 amide bonds. The van der Waals surface area contributed by atoms with Crippen molar-refractivity contribution < 1.29 is 0 Å². The molecule has 0 N–H and O–H groups in total. The summed E-state index contributed by atoms with van der Waals surface area (Å²) in [6.45, 7) is 27.2. The molecule has 19 heavy (non-hydrogen) atoms. The van der Waals surface area contributed by atoms with Gasteiger partial charge in [-0.1, -0.05) is 60.8 Å². The molecular formula is C16H37NSi2. The Kier molecular flexibility index (Phi) is 6.77. The predicted octanol–water partition coefficient (Wildman–Crippen LogP) is 5.53. The minimum absolute atomic E-state index is 0.427. The average molecular weight is 300 g/mol. The highest BCUT2D eigenvalue weighted by molar-refractivity contribution is 6.82. The van der Waals surface area contributed by atoms with Crippen LogP contribution in [-0.4, -0.2) is 33.5 Å². The molecule has 0 aromatic rings. The Hall–Kier alpha value is 0.134. The molecule has 0 fully saturated rings. The van der Waals surface area contributed by atoms with E-state index in [9.17, 15) is 0 Å². The zero-order chi connectivity index (χ0) is 15.5. The van der Waals surface area contributed by atoms with Crippen molar-refractivity contribution in [3.63, 3.8) is 0 Å². The summed E-state index contributed by atoms with van der Waals surface area (Å²) < 4.78 is 2.87. The fourth-order valence-corrected chi connectivity index (χ4v) is 6.27. The molecule has 0 saturated carbocycles. The van der Waals surface area contributed by atoms with Crippen LogP contribution >= 0.6 is 0 Å². The minimum atomic E-state index is -1.41. The molecule has 1 unspecified atom stereocenters. The number of nitrogens with zero attached hydrogens (tertiary/aromatic N) is 1. The van der Waals surface area contributed by atoms with Gasteiger partial charge in [0, 0.05) is 6.04 Å². The molecule has 0 aromatic heterocycles. The summed E-state index contributed by atoms with van der Waals surface area (Å²) in [5.41, 5.74) is 2.24. The van der Waals surface area contributed by atoms with Gasteiger partial charge in [-0.25, -0.2) is 0 Å². The summed E-state index contributed by atoms with van der Waals surface area (Å²) in [6, 6.07) is 2.04. The van der Waals surface area contributed by atoms with E-state index in [2.05, 4.69) is 77.7 Å². The van der Waals surface area contributed by atoms with Gasteiger partial charge in [0.15, 0.2) is 0 Å². The van der Waals surface area contributed by atoms with Crippen LogP contribution in [0.1, 0.15) is 41.0 Å². The Balaban J connectivity index is 5.09. The van der Waals surface area contributed by atoms with Crippen LogP contribution in [0.3, 0.4) is 0 Å². The van der Waals surface area contributed by atoms with Crippen molar-refractivity contribution >= 4 is 16.3 Å². The Morgan fingerprint density at radius 2 is 1.63 bits per heavy atom. The van der Waals surface area contributed by atoms with E-state index >= 15 is 0 Å². The van der Waals surface area contributed by atoms with E-state index in [1.165, 1.54) is 19.0 Å². The summed E-state index contributed by atoms with van der Waals surface area (Å²) >= 11 is 0. The summed E-state index contributed by atoms with van der Waals surface area (Å²) in [6.07, 6.45) is 1.25. The number of hydrogen-bond donors (Lipinski definition) is 0. The van der Waals surface area contributed by atoms with E-state index in [-0.39, 0.29) is 0 Å². The molecule has 0 saturated heterocycles. The van der Waals surface area contributed by atoms with Crippen LogP contribution in [0.2, 0.25) is 37.3 Å². The molecule has 0 rings (SSSR count). The molecule has 0 spiro atoms. The van der Waals surface area contributed by atoms with Crippen LogP contribution in [0.25, 0.3) is 0 Å². The SMILES string of the molecule is C=C[Si](C)(C)CCN(C(C)CC)[Si](C)(C)C(C)(C)C. The molecule has 0 bridgehead atoms. The highest BCUT2D eigenvalue weighted by Gasteiger charge is 2.42. The highest BCUT2D eigenvalue weighted by Crippen LogP contribution is 2.39. The monoisotopic (exact) mass is 299 g/mol. The first-order valence-electron chi connectivity index (χ1n) is 7.79. The van der Waals surface area contributed by atoms with Crippen LogP contribution in [0.5, 0.6) is 0 Å². The van der Waals surface area contributed by atoms with E-state index < -0.39 is 16.3 Å². The van der Waals surface area contributed by atoms with E-state index in [4.69, 9.17) is 0 Å². The van der Waals surface area contributed by atoms with Gasteiger partial charge >= 0.3 is 0 Å². The molecular weight excluding hydrogens is 262 g/mol. The molecule has 3 heteroatoms. The normalized spacial score (nSPS) is 15.7. The summed E-state index contributed by atoms with van der Waals surface area (Å²) in [5.74, 6) is 0. The van der Waals surface area contributed by atoms with Gasteiger partial charge in [0.1, 0.15) is 8.24 Å². The second-order valence-electron chi connectivity index (χ2n) is 8.20. The Morgan fingerprint density at radius 3 is 1.95 bits per heavy atom. The smallest absolute Gasteiger partial charge is 0.127 e. The van der Waals surface area contributed by atoms with E-state index in [0.29, 0.717) is 11.1 Å². The molecule has 0 radical (unpaired) electrons. The lowest BCUT2D eigenvalue weighted by Crippen LogP contribution is -2.59. The lowest BCUT2D eigenvalue weighted by atomic mass is 10.2. The van der Waals surface area contributed by atoms with Gasteiger partial charge in [-0.2, -0.15) is 0 Å². The van der Waals surface area contributed by atoms with E-state index in [1.54, 1.807) is 0 Å². The Bertz CT molecular complexity index is 290. The van der Waals surface area contributed by atoms with Gasteiger partial charge in [0.05, 0.1) is 8.07 Å². The second kappa shape index (κ2) is 6.73. The average Bonchev–Trinajstić information content (AvgIpc) is 2.26. The van der Waals surface area contributed by atoms with E-state index in [1.807, 2.05) is 0 Å². The molecule has 0 heterocycles. The van der Waals surface area contributed by atoms with Crippen molar-refractivity contribution in [3.8, 4) is 0 Å². The topological polar surface area (TPSA) is 3.24 Å². The predicted molar refractivity (Wildman–Crippen MR) is 96.1 cm³/mol. The van der Waals surface area contributed by atoms with Gasteiger partial charge in [-0.05, 0) is 24.0 Å². The van der Waals surface area contributed by atoms with Crippen molar-refractivity contribution in [1.29, 1.82) is 0 Å². The number of hydrogen-bond acceptors (Lipinski definition) is 1. The first-order chi connectivity index (χ1) is 8.39. The van der Waals surface area contributed by atoms with Crippen molar-refractivity contribution in [2.24, 2.45) is 0 Å². The highest BCUT2D eigenvalue weighted by atomic mass is 28.3. The van der Waals surface area contributed by atoms with Crippen LogP contribution in [0, 0.1) is 0 Å². The summed E-state index contributed by atoms with van der Waals surface area (Å²) in [5, 5.41) is 0.427. The second-order valence-corrected chi connectivity index (χ2v) is 18.3. The van der Waals surface area contributed by atoms with Gasteiger partial charge < -0.3 is 4.57 Å². The third-order valence-electron chi connectivity index (χ3n) is 5.23. The molecule has 0 aliphatic rings. The van der Waals surface area contributed by atoms with Gasteiger partial charge in [0.25, 0.3) is 0 Å². The lowest BCUT2D eigenvalue weighted by molar-refractivity contribution is 0.323.